The number of amides is 1. The number of H-pyrrole nitrogens is 1. The van der Waals surface area contributed by atoms with Gasteiger partial charge in [0.25, 0.3) is 5.91 Å². The summed E-state index contributed by atoms with van der Waals surface area (Å²) in [4.78, 5) is 29.0. The Balaban J connectivity index is 1.40. The topological polar surface area (TPSA) is 110 Å². The molecule has 2 N–H and O–H groups in total. The molecule has 0 saturated carbocycles. The molecule has 9 heteroatoms. The molecule has 0 spiro atoms. The number of carbonyl (C=O) groups excluding carboxylic acids is 1. The molecule has 0 fully saturated rings. The van der Waals surface area contributed by atoms with E-state index in [1.54, 1.807) is 31.4 Å². The van der Waals surface area contributed by atoms with Crippen LogP contribution in [0.5, 0.6) is 0 Å². The summed E-state index contributed by atoms with van der Waals surface area (Å²) in [5.74, 6) is 0.177. The van der Waals surface area contributed by atoms with Gasteiger partial charge in [-0.3, -0.25) is 19.4 Å². The fraction of sp³-hybridized carbons (Fsp3) is 0.150. The van der Waals surface area contributed by atoms with Crippen molar-refractivity contribution in [3.63, 3.8) is 0 Å². The first-order chi connectivity index (χ1) is 14.1. The minimum atomic E-state index is -0.298. The smallest absolute Gasteiger partial charge is 0.346 e. The van der Waals surface area contributed by atoms with Gasteiger partial charge in [0.2, 0.25) is 0 Å². The van der Waals surface area contributed by atoms with Crippen LogP contribution in [0.4, 0.5) is 0 Å². The zero-order valence-electron chi connectivity index (χ0n) is 15.7. The molecular formula is C20H19N7O2. The van der Waals surface area contributed by atoms with Crippen LogP contribution in [-0.4, -0.2) is 42.0 Å². The molecule has 0 saturated heterocycles. The summed E-state index contributed by atoms with van der Waals surface area (Å²) in [5.41, 5.74) is 2.31. The highest BCUT2D eigenvalue weighted by molar-refractivity contribution is 5.93. The number of hydrogen-bond acceptors (Lipinski definition) is 5. The van der Waals surface area contributed by atoms with Crippen molar-refractivity contribution in [2.45, 2.75) is 6.54 Å². The second-order valence-corrected chi connectivity index (χ2v) is 6.39. The van der Waals surface area contributed by atoms with E-state index in [4.69, 9.17) is 0 Å². The number of nitrogens with zero attached hydrogens (tertiary/aromatic N) is 5. The Morgan fingerprint density at radius 3 is 2.66 bits per heavy atom. The predicted molar refractivity (Wildman–Crippen MR) is 107 cm³/mol. The van der Waals surface area contributed by atoms with Crippen molar-refractivity contribution in [2.24, 2.45) is 7.05 Å². The van der Waals surface area contributed by atoms with Gasteiger partial charge in [-0.1, -0.05) is 36.4 Å². The van der Waals surface area contributed by atoms with E-state index < -0.39 is 0 Å². The van der Waals surface area contributed by atoms with Gasteiger partial charge in [0.15, 0.2) is 5.82 Å². The molecule has 146 valence electrons. The van der Waals surface area contributed by atoms with Crippen LogP contribution >= 0.6 is 0 Å². The summed E-state index contributed by atoms with van der Waals surface area (Å²) in [6, 6.07) is 16.7. The van der Waals surface area contributed by atoms with E-state index in [0.29, 0.717) is 22.9 Å². The Morgan fingerprint density at radius 1 is 1.10 bits per heavy atom. The second kappa shape index (κ2) is 7.93. The van der Waals surface area contributed by atoms with E-state index in [0.717, 1.165) is 5.56 Å². The van der Waals surface area contributed by atoms with Crippen molar-refractivity contribution < 1.29 is 4.79 Å². The third kappa shape index (κ3) is 3.84. The van der Waals surface area contributed by atoms with Crippen molar-refractivity contribution in [3.8, 4) is 22.8 Å². The van der Waals surface area contributed by atoms with Crippen LogP contribution in [0.1, 0.15) is 10.5 Å². The van der Waals surface area contributed by atoms with Crippen molar-refractivity contribution >= 4 is 5.91 Å². The third-order valence-corrected chi connectivity index (χ3v) is 4.44. The molecule has 3 heterocycles. The zero-order valence-corrected chi connectivity index (χ0v) is 15.7. The largest absolute Gasteiger partial charge is 0.349 e. The Kier molecular flexibility index (Phi) is 5.02. The minimum Gasteiger partial charge on any atom is -0.349 e. The predicted octanol–water partition coefficient (Wildman–Crippen LogP) is 1.46. The van der Waals surface area contributed by atoms with E-state index in [1.165, 1.54) is 9.25 Å². The molecule has 0 bridgehead atoms. The summed E-state index contributed by atoms with van der Waals surface area (Å²) in [6.45, 7) is 0.488. The van der Waals surface area contributed by atoms with Crippen LogP contribution in [0.2, 0.25) is 0 Å². The van der Waals surface area contributed by atoms with E-state index in [-0.39, 0.29) is 24.7 Å². The number of aromatic nitrogens is 6. The summed E-state index contributed by atoms with van der Waals surface area (Å²) in [7, 11) is 1.64. The average molecular weight is 389 g/mol. The zero-order chi connectivity index (χ0) is 20.2. The van der Waals surface area contributed by atoms with Crippen LogP contribution in [0.15, 0.2) is 65.6 Å². The number of carbonyl (C=O) groups is 1. The second-order valence-electron chi connectivity index (χ2n) is 6.39. The van der Waals surface area contributed by atoms with Gasteiger partial charge in [-0.25, -0.2) is 9.48 Å². The highest BCUT2D eigenvalue weighted by Crippen LogP contribution is 2.16. The van der Waals surface area contributed by atoms with Crippen LogP contribution < -0.4 is 11.0 Å². The molecule has 0 aliphatic heterocycles. The molecule has 3 aromatic heterocycles. The fourth-order valence-electron chi connectivity index (χ4n) is 2.92. The van der Waals surface area contributed by atoms with Gasteiger partial charge in [-0.2, -0.15) is 5.10 Å². The van der Waals surface area contributed by atoms with Crippen LogP contribution in [0.25, 0.3) is 22.8 Å². The fourth-order valence-corrected chi connectivity index (χ4v) is 2.92. The van der Waals surface area contributed by atoms with E-state index in [1.807, 2.05) is 36.4 Å². The van der Waals surface area contributed by atoms with Gasteiger partial charge in [-0.05, 0) is 18.2 Å². The van der Waals surface area contributed by atoms with Crippen LogP contribution in [0.3, 0.4) is 0 Å². The first-order valence-corrected chi connectivity index (χ1v) is 9.08. The molecule has 29 heavy (non-hydrogen) atoms. The Morgan fingerprint density at radius 2 is 1.90 bits per heavy atom. The first kappa shape index (κ1) is 18.4. The molecule has 0 unspecified atom stereocenters. The molecule has 0 aliphatic rings. The van der Waals surface area contributed by atoms with Crippen molar-refractivity contribution in [1.29, 1.82) is 0 Å². The SMILES string of the molecule is Cn1c(-c2ccccn2)nn(CCNC(=O)c2cc(-c3ccccc3)n[nH]2)c1=O. The Hall–Kier alpha value is -4.01. The lowest BCUT2D eigenvalue weighted by molar-refractivity contribution is 0.0947. The number of rotatable bonds is 6. The Bertz CT molecular complexity index is 1180. The van der Waals surface area contributed by atoms with Crippen molar-refractivity contribution in [3.05, 3.63) is 77.0 Å². The number of hydrogen-bond donors (Lipinski definition) is 2. The molecule has 4 aromatic rings. The lowest BCUT2D eigenvalue weighted by Crippen LogP contribution is -2.31. The molecule has 0 aliphatic carbocycles. The summed E-state index contributed by atoms with van der Waals surface area (Å²) in [5, 5.41) is 14.0. The lowest BCUT2D eigenvalue weighted by Gasteiger charge is -2.02. The summed E-state index contributed by atoms with van der Waals surface area (Å²) >= 11 is 0. The maximum atomic E-state index is 12.4. The van der Waals surface area contributed by atoms with Gasteiger partial charge < -0.3 is 5.32 Å². The van der Waals surface area contributed by atoms with E-state index >= 15 is 0 Å². The molecule has 4 rings (SSSR count). The monoisotopic (exact) mass is 389 g/mol. The van der Waals surface area contributed by atoms with E-state index in [2.05, 4.69) is 25.6 Å². The van der Waals surface area contributed by atoms with E-state index in [9.17, 15) is 9.59 Å². The van der Waals surface area contributed by atoms with Gasteiger partial charge in [-0.15, -0.1) is 5.10 Å². The van der Waals surface area contributed by atoms with Gasteiger partial charge in [0.05, 0.1) is 12.2 Å². The number of benzene rings is 1. The van der Waals surface area contributed by atoms with Crippen molar-refractivity contribution in [1.82, 2.24) is 34.8 Å². The van der Waals surface area contributed by atoms with Gasteiger partial charge in [0.1, 0.15) is 11.4 Å². The average Bonchev–Trinajstić information content (AvgIpc) is 3.36. The molecule has 1 amide bonds. The molecule has 1 aromatic carbocycles. The minimum absolute atomic E-state index is 0.241. The highest BCUT2D eigenvalue weighted by atomic mass is 16.2. The quantitative estimate of drug-likeness (QED) is 0.519. The molecular weight excluding hydrogens is 370 g/mol. The van der Waals surface area contributed by atoms with Gasteiger partial charge >= 0.3 is 5.69 Å². The number of aromatic amines is 1. The van der Waals surface area contributed by atoms with Crippen molar-refractivity contribution in [2.75, 3.05) is 6.54 Å². The van der Waals surface area contributed by atoms with Crippen LogP contribution in [0, 0.1) is 0 Å². The summed E-state index contributed by atoms with van der Waals surface area (Å²) < 4.78 is 2.75. The van der Waals surface area contributed by atoms with Gasteiger partial charge in [0, 0.05) is 25.4 Å². The third-order valence-electron chi connectivity index (χ3n) is 4.44. The molecule has 0 atom stereocenters. The van der Waals surface area contributed by atoms with Crippen LogP contribution in [-0.2, 0) is 13.6 Å². The maximum absolute atomic E-state index is 12.4. The number of nitrogens with one attached hydrogen (secondary N) is 2. The Labute approximate surface area is 166 Å². The molecule has 0 radical (unpaired) electrons. The maximum Gasteiger partial charge on any atom is 0.346 e. The summed E-state index contributed by atoms with van der Waals surface area (Å²) in [6.07, 6.45) is 1.65. The first-order valence-electron chi connectivity index (χ1n) is 9.08. The normalized spacial score (nSPS) is 10.8. The lowest BCUT2D eigenvalue weighted by atomic mass is 10.1. The molecule has 9 nitrogen and oxygen atoms in total. The highest BCUT2D eigenvalue weighted by Gasteiger charge is 2.14. The number of pyridine rings is 1. The standard InChI is InChI=1S/C20H19N7O2/c1-26-18(15-9-5-6-10-21-15)25-27(20(26)29)12-11-22-19(28)17-13-16(23-24-17)14-7-3-2-4-8-14/h2-10,13H,11-12H2,1H3,(H,22,28)(H,23,24).